The summed E-state index contributed by atoms with van der Waals surface area (Å²) in [5.74, 6) is -2.65. The quantitative estimate of drug-likeness (QED) is 0.537. The van der Waals surface area contributed by atoms with Gasteiger partial charge in [-0.3, -0.25) is 0 Å². The van der Waals surface area contributed by atoms with Crippen molar-refractivity contribution in [2.75, 3.05) is 19.8 Å². The van der Waals surface area contributed by atoms with E-state index in [1.165, 1.54) is 0 Å². The second-order valence-corrected chi connectivity index (χ2v) is 2.96. The third-order valence-electron chi connectivity index (χ3n) is 2.35. The number of ether oxygens (including phenoxy) is 1. The second kappa shape index (κ2) is 1.68. The van der Waals surface area contributed by atoms with Gasteiger partial charge in [-0.1, -0.05) is 0 Å². The summed E-state index contributed by atoms with van der Waals surface area (Å²) in [7, 11) is 0. The van der Waals surface area contributed by atoms with Crippen LogP contribution in [0.3, 0.4) is 0 Å². The molecule has 0 bridgehead atoms. The first-order valence-corrected chi connectivity index (χ1v) is 3.37. The molecule has 0 radical (unpaired) electrons. The average Bonchev–Trinajstić information content (AvgIpc) is 2.02. The van der Waals surface area contributed by atoms with Crippen LogP contribution in [0, 0.1) is 0 Å². The van der Waals surface area contributed by atoms with Gasteiger partial charge in [-0.25, -0.2) is 8.78 Å². The molecular formula is C6H9F2NO. The van der Waals surface area contributed by atoms with Crippen molar-refractivity contribution in [2.45, 2.75) is 17.9 Å². The number of halogens is 2. The zero-order valence-electron chi connectivity index (χ0n) is 5.49. The summed E-state index contributed by atoms with van der Waals surface area (Å²) in [5.41, 5.74) is -0.993. The van der Waals surface area contributed by atoms with Gasteiger partial charge in [0.15, 0.2) is 0 Å². The molecule has 4 heteroatoms. The van der Waals surface area contributed by atoms with Gasteiger partial charge in [0, 0.05) is 0 Å². The molecule has 2 rings (SSSR count). The van der Waals surface area contributed by atoms with Crippen LogP contribution in [-0.2, 0) is 4.74 Å². The van der Waals surface area contributed by atoms with E-state index in [9.17, 15) is 8.78 Å². The van der Waals surface area contributed by atoms with Crippen molar-refractivity contribution in [2.24, 2.45) is 0 Å². The van der Waals surface area contributed by atoms with Crippen LogP contribution in [0.5, 0.6) is 0 Å². The molecule has 2 fully saturated rings. The average molecular weight is 149 g/mol. The van der Waals surface area contributed by atoms with Crippen molar-refractivity contribution in [1.29, 1.82) is 0 Å². The van der Waals surface area contributed by atoms with E-state index in [-0.39, 0.29) is 6.61 Å². The maximum Gasteiger partial charge on any atom is 0.290 e. The van der Waals surface area contributed by atoms with E-state index in [0.717, 1.165) is 0 Å². The van der Waals surface area contributed by atoms with Crippen LogP contribution in [0.25, 0.3) is 0 Å². The van der Waals surface area contributed by atoms with Gasteiger partial charge < -0.3 is 10.1 Å². The third-order valence-corrected chi connectivity index (χ3v) is 2.35. The summed E-state index contributed by atoms with van der Waals surface area (Å²) < 4.78 is 30.4. The summed E-state index contributed by atoms with van der Waals surface area (Å²) >= 11 is 0. The first kappa shape index (κ1) is 6.49. The number of alkyl halides is 2. The fraction of sp³-hybridized carbons (Fsp3) is 1.00. The highest BCUT2D eigenvalue weighted by molar-refractivity contribution is 5.10. The van der Waals surface area contributed by atoms with Crippen molar-refractivity contribution >= 4 is 0 Å². The van der Waals surface area contributed by atoms with E-state index >= 15 is 0 Å². The van der Waals surface area contributed by atoms with E-state index in [1.807, 2.05) is 0 Å². The van der Waals surface area contributed by atoms with Crippen molar-refractivity contribution in [3.63, 3.8) is 0 Å². The number of rotatable bonds is 0. The fourth-order valence-corrected chi connectivity index (χ4v) is 1.46. The predicted molar refractivity (Wildman–Crippen MR) is 31.1 cm³/mol. The van der Waals surface area contributed by atoms with Gasteiger partial charge in [0.2, 0.25) is 0 Å². The molecule has 58 valence electrons. The molecular weight excluding hydrogens is 140 g/mol. The molecule has 1 atom stereocenters. The Morgan fingerprint density at radius 3 is 2.20 bits per heavy atom. The summed E-state index contributed by atoms with van der Waals surface area (Å²) in [6, 6.07) is 0. The van der Waals surface area contributed by atoms with Crippen LogP contribution < -0.4 is 5.32 Å². The van der Waals surface area contributed by atoms with E-state index in [0.29, 0.717) is 13.0 Å². The molecule has 2 heterocycles. The standard InChI is InChI=1S/C6H9F2NO/c7-6(8)4-10-3-5(6)1-2-9-5/h9H,1-4H2. The molecule has 1 spiro atoms. The minimum atomic E-state index is -2.65. The molecule has 0 aromatic heterocycles. The van der Waals surface area contributed by atoms with Crippen molar-refractivity contribution < 1.29 is 13.5 Å². The number of nitrogens with one attached hydrogen (secondary N) is 1. The highest BCUT2D eigenvalue weighted by Crippen LogP contribution is 2.41. The zero-order valence-corrected chi connectivity index (χ0v) is 5.49. The molecule has 0 amide bonds. The van der Waals surface area contributed by atoms with Crippen molar-refractivity contribution in [3.8, 4) is 0 Å². The van der Waals surface area contributed by atoms with E-state index < -0.39 is 18.1 Å². The Morgan fingerprint density at radius 2 is 2.00 bits per heavy atom. The Bertz CT molecular complexity index is 156. The minimum absolute atomic E-state index is 0.167. The monoisotopic (exact) mass is 149 g/mol. The molecule has 1 N–H and O–H groups in total. The molecule has 0 aromatic rings. The minimum Gasteiger partial charge on any atom is -0.373 e. The lowest BCUT2D eigenvalue weighted by Crippen LogP contribution is -2.67. The summed E-state index contributed by atoms with van der Waals surface area (Å²) in [4.78, 5) is 0. The molecule has 2 aliphatic heterocycles. The largest absolute Gasteiger partial charge is 0.373 e. The van der Waals surface area contributed by atoms with Crippen LogP contribution in [0.4, 0.5) is 8.78 Å². The van der Waals surface area contributed by atoms with Gasteiger partial charge in [-0.15, -0.1) is 0 Å². The predicted octanol–water partition coefficient (Wildman–Crippen LogP) is 0.384. The molecule has 0 aliphatic carbocycles. The Kier molecular flexibility index (Phi) is 1.09. The molecule has 10 heavy (non-hydrogen) atoms. The summed E-state index contributed by atoms with van der Waals surface area (Å²) in [6.07, 6.45) is 0.542. The van der Waals surface area contributed by atoms with Crippen molar-refractivity contribution in [3.05, 3.63) is 0 Å². The molecule has 0 aromatic carbocycles. The van der Waals surface area contributed by atoms with E-state index in [1.54, 1.807) is 0 Å². The SMILES string of the molecule is FC1(F)COCC12CCN2. The van der Waals surface area contributed by atoms with Gasteiger partial charge >= 0.3 is 0 Å². The lowest BCUT2D eigenvalue weighted by atomic mass is 9.84. The highest BCUT2D eigenvalue weighted by Gasteiger charge is 2.61. The summed E-state index contributed by atoms with van der Waals surface area (Å²) in [6.45, 7) is 0.443. The first-order valence-electron chi connectivity index (χ1n) is 3.37. The summed E-state index contributed by atoms with van der Waals surface area (Å²) in [5, 5.41) is 2.74. The maximum absolute atomic E-state index is 12.9. The topological polar surface area (TPSA) is 21.3 Å². The van der Waals surface area contributed by atoms with Gasteiger partial charge in [-0.05, 0) is 13.0 Å². The molecule has 0 saturated carbocycles. The van der Waals surface area contributed by atoms with E-state index in [2.05, 4.69) is 5.32 Å². The van der Waals surface area contributed by atoms with Gasteiger partial charge in [-0.2, -0.15) is 0 Å². The third kappa shape index (κ3) is 0.582. The molecule has 1 unspecified atom stereocenters. The van der Waals surface area contributed by atoms with Crippen LogP contribution >= 0.6 is 0 Å². The zero-order chi connectivity index (χ0) is 7.24. The molecule has 2 saturated heterocycles. The smallest absolute Gasteiger partial charge is 0.290 e. The van der Waals surface area contributed by atoms with Gasteiger partial charge in [0.25, 0.3) is 5.92 Å². The lowest BCUT2D eigenvalue weighted by molar-refractivity contribution is -0.0848. The number of hydrogen-bond donors (Lipinski definition) is 1. The number of hydrogen-bond acceptors (Lipinski definition) is 2. The van der Waals surface area contributed by atoms with Gasteiger partial charge in [0.05, 0.1) is 6.61 Å². The Hall–Kier alpha value is -0.220. The Labute approximate surface area is 57.5 Å². The van der Waals surface area contributed by atoms with Gasteiger partial charge in [0.1, 0.15) is 12.1 Å². The lowest BCUT2D eigenvalue weighted by Gasteiger charge is -2.42. The second-order valence-electron chi connectivity index (χ2n) is 2.96. The Morgan fingerprint density at radius 1 is 1.30 bits per heavy atom. The maximum atomic E-state index is 12.9. The molecule has 2 nitrogen and oxygen atoms in total. The van der Waals surface area contributed by atoms with Crippen LogP contribution in [-0.4, -0.2) is 31.2 Å². The normalized spacial score (nSPS) is 43.8. The highest BCUT2D eigenvalue weighted by atomic mass is 19.3. The first-order chi connectivity index (χ1) is 4.66. The molecule has 2 aliphatic rings. The van der Waals surface area contributed by atoms with Crippen LogP contribution in [0.2, 0.25) is 0 Å². The fourth-order valence-electron chi connectivity index (χ4n) is 1.46. The van der Waals surface area contributed by atoms with E-state index in [4.69, 9.17) is 4.74 Å². The van der Waals surface area contributed by atoms with Crippen molar-refractivity contribution in [1.82, 2.24) is 5.32 Å². The van der Waals surface area contributed by atoms with Crippen LogP contribution in [0.15, 0.2) is 0 Å². The Balaban J connectivity index is 2.20. The van der Waals surface area contributed by atoms with Crippen LogP contribution in [0.1, 0.15) is 6.42 Å².